The molecule has 4 N–H and O–H groups in total. The molecule has 0 spiro atoms. The first-order chi connectivity index (χ1) is 22.0. The van der Waals surface area contributed by atoms with Crippen LogP contribution in [0.25, 0.3) is 65.3 Å². The van der Waals surface area contributed by atoms with Crippen LogP contribution in [0.4, 0.5) is 0 Å². The van der Waals surface area contributed by atoms with Gasteiger partial charge in [0.2, 0.25) is 0 Å². The second kappa shape index (κ2) is 10.2. The number of hydrogen-bond acceptors (Lipinski definition) is 5. The molecule has 8 rings (SSSR count). The monoisotopic (exact) mass is 586 g/mol. The molecule has 5 nitrogen and oxygen atoms in total. The Morgan fingerprint density at radius 3 is 1.73 bits per heavy atom. The van der Waals surface area contributed by atoms with Gasteiger partial charge in [-0.15, -0.1) is 0 Å². The second-order valence-electron chi connectivity index (χ2n) is 11.1. The van der Waals surface area contributed by atoms with Crippen LogP contribution in [-0.4, -0.2) is 20.4 Å². The second-order valence-corrected chi connectivity index (χ2v) is 11.1. The molecule has 0 unspecified atom stereocenters. The van der Waals surface area contributed by atoms with Crippen molar-refractivity contribution in [1.29, 1.82) is 0 Å². The first kappa shape index (κ1) is 26.4. The first-order valence-corrected chi connectivity index (χ1v) is 14.6. The molecule has 216 valence electrons. The fraction of sp³-hybridized carbons (Fsp3) is 0. The van der Waals surface area contributed by atoms with Gasteiger partial charge in [-0.05, 0) is 104 Å². The van der Waals surface area contributed by atoms with E-state index in [1.165, 1.54) is 0 Å². The number of fused-ring (bicyclic) bond motifs is 4. The number of benzene rings is 8. The van der Waals surface area contributed by atoms with Gasteiger partial charge in [0.05, 0.1) is 0 Å². The standard InChI is InChI=1S/C40H26O5/c41-25-13-15-27-23(21-25)5-1-7-31(27)39-32-8-3-9-33(29(32)17-19-36(39)43)40-34-10-4-12-38(30(34)18-20-37(40)44)45-26-14-16-28-24(22-26)6-2-11-35(28)42/h1-22,41-44H. The molecular weight excluding hydrogens is 560 g/mol. The molecule has 8 aromatic carbocycles. The van der Waals surface area contributed by atoms with Crippen LogP contribution in [0.15, 0.2) is 133 Å². The zero-order chi connectivity index (χ0) is 30.7. The molecule has 0 aliphatic heterocycles. The molecule has 0 saturated carbocycles. The van der Waals surface area contributed by atoms with Gasteiger partial charge in [-0.1, -0.05) is 72.8 Å². The number of rotatable bonds is 4. The van der Waals surface area contributed by atoms with Crippen molar-refractivity contribution in [3.05, 3.63) is 133 Å². The molecule has 0 aromatic heterocycles. The molecule has 0 fully saturated rings. The van der Waals surface area contributed by atoms with E-state index in [0.29, 0.717) is 22.6 Å². The molecule has 0 aliphatic rings. The minimum absolute atomic E-state index is 0.128. The van der Waals surface area contributed by atoms with E-state index in [4.69, 9.17) is 4.74 Å². The molecule has 0 heterocycles. The Hall–Kier alpha value is -6.20. The number of aromatic hydroxyl groups is 4. The highest BCUT2D eigenvalue weighted by molar-refractivity contribution is 6.14. The zero-order valence-corrected chi connectivity index (χ0v) is 23.9. The van der Waals surface area contributed by atoms with E-state index in [-0.39, 0.29) is 23.0 Å². The van der Waals surface area contributed by atoms with Crippen molar-refractivity contribution < 1.29 is 25.2 Å². The predicted molar refractivity (Wildman–Crippen MR) is 181 cm³/mol. The molecule has 0 atom stereocenters. The number of hydrogen-bond donors (Lipinski definition) is 4. The molecule has 0 amide bonds. The number of phenolic OH excluding ortho intramolecular Hbond substituents is 4. The van der Waals surface area contributed by atoms with Gasteiger partial charge in [0.15, 0.2) is 0 Å². The molecule has 0 bridgehead atoms. The summed E-state index contributed by atoms with van der Waals surface area (Å²) in [7, 11) is 0. The van der Waals surface area contributed by atoms with Gasteiger partial charge < -0.3 is 25.2 Å². The Balaban J connectivity index is 1.31. The van der Waals surface area contributed by atoms with E-state index < -0.39 is 0 Å². The smallest absolute Gasteiger partial charge is 0.135 e. The van der Waals surface area contributed by atoms with Crippen molar-refractivity contribution in [3.8, 4) is 56.8 Å². The Labute approximate surface area is 258 Å². The van der Waals surface area contributed by atoms with Gasteiger partial charge >= 0.3 is 0 Å². The topological polar surface area (TPSA) is 90.2 Å². The van der Waals surface area contributed by atoms with Gasteiger partial charge in [0, 0.05) is 21.9 Å². The molecular formula is C40H26O5. The summed E-state index contributed by atoms with van der Waals surface area (Å²) in [5.41, 5.74) is 2.99. The van der Waals surface area contributed by atoms with E-state index in [2.05, 4.69) is 0 Å². The van der Waals surface area contributed by atoms with Crippen molar-refractivity contribution in [1.82, 2.24) is 0 Å². The van der Waals surface area contributed by atoms with Gasteiger partial charge in [-0.2, -0.15) is 0 Å². The molecule has 0 aliphatic carbocycles. The van der Waals surface area contributed by atoms with E-state index >= 15 is 0 Å². The molecule has 5 heteroatoms. The zero-order valence-electron chi connectivity index (χ0n) is 23.9. The largest absolute Gasteiger partial charge is 0.508 e. The number of phenols is 4. The first-order valence-electron chi connectivity index (χ1n) is 14.6. The van der Waals surface area contributed by atoms with Crippen molar-refractivity contribution in [2.45, 2.75) is 0 Å². The van der Waals surface area contributed by atoms with Gasteiger partial charge in [-0.3, -0.25) is 0 Å². The van der Waals surface area contributed by atoms with Crippen LogP contribution in [0.1, 0.15) is 0 Å². The maximum atomic E-state index is 11.3. The summed E-state index contributed by atoms with van der Waals surface area (Å²) in [5, 5.41) is 49.5. The maximum Gasteiger partial charge on any atom is 0.135 e. The van der Waals surface area contributed by atoms with Gasteiger partial charge in [0.1, 0.15) is 34.5 Å². The molecule has 8 aromatic rings. The van der Waals surface area contributed by atoms with Crippen LogP contribution in [0.2, 0.25) is 0 Å². The van der Waals surface area contributed by atoms with Crippen LogP contribution >= 0.6 is 0 Å². The summed E-state index contributed by atoms with van der Waals surface area (Å²) in [6.45, 7) is 0. The summed E-state index contributed by atoms with van der Waals surface area (Å²) in [6, 6.07) is 40.7. The van der Waals surface area contributed by atoms with Gasteiger partial charge in [-0.25, -0.2) is 0 Å². The molecule has 0 saturated heterocycles. The lowest BCUT2D eigenvalue weighted by molar-refractivity contribution is 0.476. The van der Waals surface area contributed by atoms with E-state index in [1.54, 1.807) is 36.4 Å². The average molecular weight is 587 g/mol. The van der Waals surface area contributed by atoms with E-state index in [9.17, 15) is 20.4 Å². The van der Waals surface area contributed by atoms with Crippen molar-refractivity contribution >= 4 is 43.1 Å². The maximum absolute atomic E-state index is 11.3. The summed E-state index contributed by atoms with van der Waals surface area (Å²) in [6.07, 6.45) is 0. The third kappa shape index (κ3) is 4.33. The lowest BCUT2D eigenvalue weighted by Crippen LogP contribution is -1.91. The highest BCUT2D eigenvalue weighted by Gasteiger charge is 2.19. The summed E-state index contributed by atoms with van der Waals surface area (Å²) in [5.74, 6) is 1.93. The van der Waals surface area contributed by atoms with Gasteiger partial charge in [0.25, 0.3) is 0 Å². The average Bonchev–Trinajstić information content (AvgIpc) is 3.04. The van der Waals surface area contributed by atoms with E-state index in [1.807, 2.05) is 97.1 Å². The molecule has 45 heavy (non-hydrogen) atoms. The summed E-state index contributed by atoms with van der Waals surface area (Å²) in [4.78, 5) is 0. The van der Waals surface area contributed by atoms with Crippen LogP contribution in [-0.2, 0) is 0 Å². The highest BCUT2D eigenvalue weighted by Crippen LogP contribution is 2.47. The Kier molecular flexibility index (Phi) is 6.00. The third-order valence-corrected chi connectivity index (χ3v) is 8.50. The third-order valence-electron chi connectivity index (χ3n) is 8.50. The van der Waals surface area contributed by atoms with Crippen molar-refractivity contribution in [2.24, 2.45) is 0 Å². The van der Waals surface area contributed by atoms with Crippen LogP contribution in [0.5, 0.6) is 34.5 Å². The highest BCUT2D eigenvalue weighted by atomic mass is 16.5. The predicted octanol–water partition coefficient (Wildman–Crippen LogP) is 10.2. The lowest BCUT2D eigenvalue weighted by Gasteiger charge is -2.17. The summed E-state index contributed by atoms with van der Waals surface area (Å²) >= 11 is 0. The van der Waals surface area contributed by atoms with Crippen molar-refractivity contribution in [2.75, 3.05) is 0 Å². The fourth-order valence-electron chi connectivity index (χ4n) is 6.46. The minimum atomic E-state index is 0.128. The number of ether oxygens (including phenoxy) is 1. The quantitative estimate of drug-likeness (QED) is 0.165. The van der Waals surface area contributed by atoms with Crippen LogP contribution in [0, 0.1) is 0 Å². The Morgan fingerprint density at radius 2 is 0.956 bits per heavy atom. The van der Waals surface area contributed by atoms with Crippen LogP contribution < -0.4 is 4.74 Å². The normalized spacial score (nSPS) is 11.5. The Morgan fingerprint density at radius 1 is 0.378 bits per heavy atom. The lowest BCUT2D eigenvalue weighted by atomic mass is 9.88. The minimum Gasteiger partial charge on any atom is -0.508 e. The Bertz CT molecular complexity index is 2460. The molecule has 0 radical (unpaired) electrons. The van der Waals surface area contributed by atoms with Crippen molar-refractivity contribution in [3.63, 3.8) is 0 Å². The van der Waals surface area contributed by atoms with Crippen LogP contribution in [0.3, 0.4) is 0 Å². The summed E-state index contributed by atoms with van der Waals surface area (Å²) < 4.78 is 6.39. The van der Waals surface area contributed by atoms with E-state index in [0.717, 1.165) is 54.2 Å². The fourth-order valence-corrected chi connectivity index (χ4v) is 6.46. The SMILES string of the molecule is Oc1ccc2c(-c3c(O)ccc4c(-c5c(O)ccc6c(Oc7ccc8c(O)cccc8c7)cccc56)cccc34)cccc2c1.